The summed E-state index contributed by atoms with van der Waals surface area (Å²) < 4.78 is 7.96. The highest BCUT2D eigenvalue weighted by molar-refractivity contribution is 9.10. The van der Waals surface area contributed by atoms with Crippen LogP contribution in [0.2, 0.25) is 0 Å². The third-order valence-corrected chi connectivity index (χ3v) is 6.15. The van der Waals surface area contributed by atoms with Crippen LogP contribution in [-0.2, 0) is 16.2 Å². The highest BCUT2D eigenvalue weighted by Gasteiger charge is 1.96. The topological polar surface area (TPSA) is 9.23 Å². The van der Waals surface area contributed by atoms with Crippen molar-refractivity contribution in [3.63, 3.8) is 0 Å². The van der Waals surface area contributed by atoms with Gasteiger partial charge < -0.3 is 4.74 Å². The molecule has 23 heavy (non-hydrogen) atoms. The van der Waals surface area contributed by atoms with Gasteiger partial charge in [0.1, 0.15) is 0 Å². The summed E-state index contributed by atoms with van der Waals surface area (Å²) in [6, 6.07) is 17.0. The van der Waals surface area contributed by atoms with Crippen molar-refractivity contribution in [1.29, 1.82) is 0 Å². The molecule has 0 aromatic heterocycles. The zero-order valence-corrected chi connectivity index (χ0v) is 17.6. The summed E-state index contributed by atoms with van der Waals surface area (Å²) in [4.78, 5) is 0. The second-order valence-electron chi connectivity index (χ2n) is 4.97. The zero-order chi connectivity index (χ0) is 16.3. The predicted octanol–water partition coefficient (Wildman–Crippen LogP) is 6.39. The Hall–Kier alpha value is 0.0600. The Morgan fingerprint density at radius 3 is 1.43 bits per heavy atom. The number of halogens is 2. The van der Waals surface area contributed by atoms with Crippen molar-refractivity contribution in [1.82, 2.24) is 0 Å². The number of thioether (sulfide) groups is 2. The number of benzene rings is 2. The van der Waals surface area contributed by atoms with Gasteiger partial charge in [0, 0.05) is 32.0 Å². The molecule has 0 aliphatic rings. The van der Waals surface area contributed by atoms with Crippen molar-refractivity contribution in [2.24, 2.45) is 0 Å². The fraction of sp³-hybridized carbons (Fsp3) is 0.333. The molecule has 5 heteroatoms. The van der Waals surface area contributed by atoms with Crippen LogP contribution >= 0.6 is 55.4 Å². The second kappa shape index (κ2) is 11.6. The Morgan fingerprint density at radius 2 is 1.04 bits per heavy atom. The van der Waals surface area contributed by atoms with Crippen molar-refractivity contribution in [3.8, 4) is 0 Å². The molecule has 2 aromatic rings. The third kappa shape index (κ3) is 8.64. The zero-order valence-electron chi connectivity index (χ0n) is 12.8. The first-order valence-corrected chi connectivity index (χ1v) is 11.4. The minimum Gasteiger partial charge on any atom is -0.380 e. The molecule has 1 nitrogen and oxygen atoms in total. The summed E-state index contributed by atoms with van der Waals surface area (Å²) in [7, 11) is 0. The molecule has 0 N–H and O–H groups in total. The molecule has 0 fully saturated rings. The second-order valence-corrected chi connectivity index (χ2v) is 9.01. The number of hydrogen-bond donors (Lipinski definition) is 0. The van der Waals surface area contributed by atoms with E-state index in [1.54, 1.807) is 0 Å². The van der Waals surface area contributed by atoms with Gasteiger partial charge in [-0.3, -0.25) is 0 Å². The van der Waals surface area contributed by atoms with Crippen LogP contribution < -0.4 is 0 Å². The van der Waals surface area contributed by atoms with Gasteiger partial charge in [0.2, 0.25) is 0 Å². The minimum absolute atomic E-state index is 0.833. The average Bonchev–Trinajstić information content (AvgIpc) is 2.56. The maximum atomic E-state index is 5.69. The summed E-state index contributed by atoms with van der Waals surface area (Å²) >= 11 is 10.8. The molecule has 0 saturated carbocycles. The molecular formula is C18H20Br2OS2. The van der Waals surface area contributed by atoms with Crippen LogP contribution in [0.15, 0.2) is 57.5 Å². The van der Waals surface area contributed by atoms with E-state index >= 15 is 0 Å². The van der Waals surface area contributed by atoms with Crippen LogP contribution in [0.5, 0.6) is 0 Å². The van der Waals surface area contributed by atoms with E-state index in [0.29, 0.717) is 0 Å². The first kappa shape index (κ1) is 19.4. The maximum absolute atomic E-state index is 5.69. The summed E-state index contributed by atoms with van der Waals surface area (Å²) in [5, 5.41) is 0. The van der Waals surface area contributed by atoms with Crippen molar-refractivity contribution in [3.05, 3.63) is 68.6 Å². The molecule has 0 atom stereocenters. The van der Waals surface area contributed by atoms with Crippen molar-refractivity contribution in [2.75, 3.05) is 24.7 Å². The first-order valence-electron chi connectivity index (χ1n) is 7.46. The molecule has 0 heterocycles. The van der Waals surface area contributed by atoms with Crippen molar-refractivity contribution in [2.45, 2.75) is 11.5 Å². The fourth-order valence-corrected chi connectivity index (χ4v) is 4.02. The molecule has 0 saturated heterocycles. The van der Waals surface area contributed by atoms with Gasteiger partial charge in [-0.25, -0.2) is 0 Å². The smallest absolute Gasteiger partial charge is 0.0557 e. The molecule has 0 amide bonds. The predicted molar refractivity (Wildman–Crippen MR) is 111 cm³/mol. The van der Waals surface area contributed by atoms with Crippen LogP contribution in [0, 0.1) is 0 Å². The minimum atomic E-state index is 0.833. The molecular weight excluding hydrogens is 456 g/mol. The Balaban J connectivity index is 1.43. The number of hydrogen-bond acceptors (Lipinski definition) is 3. The van der Waals surface area contributed by atoms with E-state index in [-0.39, 0.29) is 0 Å². The first-order chi connectivity index (χ1) is 11.2. The lowest BCUT2D eigenvalue weighted by atomic mass is 10.2. The van der Waals surface area contributed by atoms with Gasteiger partial charge in [0.05, 0.1) is 13.2 Å². The van der Waals surface area contributed by atoms with Crippen molar-refractivity contribution < 1.29 is 4.74 Å². The molecule has 2 aromatic carbocycles. The Bertz CT molecular complexity index is 507. The van der Waals surface area contributed by atoms with E-state index in [9.17, 15) is 0 Å². The summed E-state index contributed by atoms with van der Waals surface area (Å²) in [5.41, 5.74) is 2.73. The van der Waals surface area contributed by atoms with Gasteiger partial charge in [-0.1, -0.05) is 56.1 Å². The van der Waals surface area contributed by atoms with Gasteiger partial charge >= 0.3 is 0 Å². The Morgan fingerprint density at radius 1 is 0.652 bits per heavy atom. The molecule has 0 aliphatic heterocycles. The van der Waals surface area contributed by atoms with E-state index in [1.165, 1.54) is 11.1 Å². The van der Waals surface area contributed by atoms with Gasteiger partial charge in [-0.2, -0.15) is 23.5 Å². The lowest BCUT2D eigenvalue weighted by Gasteiger charge is -2.05. The summed E-state index contributed by atoms with van der Waals surface area (Å²) in [5.74, 6) is 4.20. The fourth-order valence-electron chi connectivity index (χ4n) is 1.88. The van der Waals surface area contributed by atoms with Crippen LogP contribution in [0.3, 0.4) is 0 Å². The average molecular weight is 476 g/mol. The highest BCUT2D eigenvalue weighted by atomic mass is 79.9. The number of ether oxygens (including phenoxy) is 1. The Kier molecular flexibility index (Phi) is 9.77. The lowest BCUT2D eigenvalue weighted by Crippen LogP contribution is -2.01. The largest absolute Gasteiger partial charge is 0.380 e. The molecule has 0 radical (unpaired) electrons. The van der Waals surface area contributed by atoms with Gasteiger partial charge in [-0.05, 0) is 35.4 Å². The summed E-state index contributed by atoms with van der Waals surface area (Å²) in [6.07, 6.45) is 0. The van der Waals surface area contributed by atoms with Gasteiger partial charge in [-0.15, -0.1) is 0 Å². The highest BCUT2D eigenvalue weighted by Crippen LogP contribution is 2.17. The summed E-state index contributed by atoms with van der Waals surface area (Å²) in [6.45, 7) is 1.67. The number of rotatable bonds is 10. The van der Waals surface area contributed by atoms with E-state index in [2.05, 4.69) is 80.4 Å². The quantitative estimate of drug-likeness (QED) is 0.368. The molecule has 0 bridgehead atoms. The Labute approximate surface area is 164 Å². The van der Waals surface area contributed by atoms with Crippen molar-refractivity contribution >= 4 is 55.4 Å². The normalized spacial score (nSPS) is 10.9. The lowest BCUT2D eigenvalue weighted by molar-refractivity contribution is 0.167. The molecule has 0 unspecified atom stereocenters. The van der Waals surface area contributed by atoms with Crippen LogP contribution in [0.25, 0.3) is 0 Å². The molecule has 124 valence electrons. The standard InChI is InChI=1S/C18H20Br2OS2/c19-17-5-1-15(2-6-17)13-22-11-9-21-10-12-23-14-16-3-7-18(20)8-4-16/h1-8H,9-14H2. The van der Waals surface area contributed by atoms with Gasteiger partial charge in [0.15, 0.2) is 0 Å². The van der Waals surface area contributed by atoms with E-state index in [1.807, 2.05) is 23.5 Å². The van der Waals surface area contributed by atoms with Crippen LogP contribution in [0.1, 0.15) is 11.1 Å². The maximum Gasteiger partial charge on any atom is 0.0557 e. The van der Waals surface area contributed by atoms with Gasteiger partial charge in [0.25, 0.3) is 0 Å². The molecule has 2 rings (SSSR count). The SMILES string of the molecule is Brc1ccc(CSCCOCCSCc2ccc(Br)cc2)cc1. The van der Waals surface area contributed by atoms with Crippen LogP contribution in [0.4, 0.5) is 0 Å². The third-order valence-electron chi connectivity index (χ3n) is 3.11. The van der Waals surface area contributed by atoms with E-state index in [0.717, 1.165) is 45.2 Å². The van der Waals surface area contributed by atoms with E-state index < -0.39 is 0 Å². The molecule has 0 spiro atoms. The van der Waals surface area contributed by atoms with Crippen LogP contribution in [-0.4, -0.2) is 24.7 Å². The van der Waals surface area contributed by atoms with E-state index in [4.69, 9.17) is 4.74 Å². The molecule has 0 aliphatic carbocycles. The monoisotopic (exact) mass is 474 g/mol.